The highest BCUT2D eigenvalue weighted by atomic mass is 32.2. The van der Waals surface area contributed by atoms with Crippen LogP contribution in [0.25, 0.3) is 0 Å². The summed E-state index contributed by atoms with van der Waals surface area (Å²) in [5, 5.41) is 26.4. The first-order chi connectivity index (χ1) is 9.97. The van der Waals surface area contributed by atoms with Gasteiger partial charge in [0, 0.05) is 30.8 Å². The lowest BCUT2D eigenvalue weighted by molar-refractivity contribution is -0.618. The zero-order valence-corrected chi connectivity index (χ0v) is 12.4. The third-order valence-electron chi connectivity index (χ3n) is 2.55. The van der Waals surface area contributed by atoms with Crippen molar-refractivity contribution in [1.29, 1.82) is 0 Å². The third kappa shape index (κ3) is 4.95. The molecule has 0 aliphatic rings. The molecule has 0 bridgehead atoms. The molecular weight excluding hydrogens is 300 g/mol. The number of nitrogens with zero attached hydrogens (tertiary/aromatic N) is 3. The van der Waals surface area contributed by atoms with Gasteiger partial charge in [-0.05, 0) is 6.92 Å². The fourth-order valence-electron chi connectivity index (χ4n) is 1.49. The molecule has 0 aliphatic heterocycles. The Bertz CT molecular complexity index is 527. The van der Waals surface area contributed by atoms with Crippen molar-refractivity contribution in [2.24, 2.45) is 0 Å². The van der Waals surface area contributed by atoms with Crippen molar-refractivity contribution in [2.45, 2.75) is 12.7 Å². The van der Waals surface area contributed by atoms with Gasteiger partial charge in [-0.1, -0.05) is 0 Å². The van der Waals surface area contributed by atoms with E-state index in [2.05, 4.69) is 20.6 Å². The first-order valence-electron chi connectivity index (χ1n) is 5.98. The highest BCUT2D eigenvalue weighted by Gasteiger charge is 2.31. The molecule has 3 N–H and O–H groups in total. The van der Waals surface area contributed by atoms with Gasteiger partial charge in [0.2, 0.25) is 0 Å². The second-order valence-corrected chi connectivity index (χ2v) is 5.01. The van der Waals surface area contributed by atoms with Crippen molar-refractivity contribution in [1.82, 2.24) is 20.6 Å². The van der Waals surface area contributed by atoms with E-state index in [-0.39, 0.29) is 5.82 Å². The molecule has 1 aromatic heterocycles. The Kier molecular flexibility index (Phi) is 6.46. The average molecular weight is 316 g/mol. The minimum atomic E-state index is -1.09. The minimum absolute atomic E-state index is 0.205. The number of hydrogen-bond donors (Lipinski definition) is 3. The van der Waals surface area contributed by atoms with Crippen molar-refractivity contribution in [3.05, 3.63) is 49.6 Å². The van der Waals surface area contributed by atoms with Gasteiger partial charge in [-0.25, -0.2) is 4.98 Å². The Morgan fingerprint density at radius 1 is 1.43 bits per heavy atom. The predicted octanol–water partition coefficient (Wildman–Crippen LogP) is 0.440. The van der Waals surface area contributed by atoms with E-state index in [9.17, 15) is 20.2 Å². The molecule has 0 saturated heterocycles. The van der Waals surface area contributed by atoms with Crippen molar-refractivity contribution < 1.29 is 9.85 Å². The number of aromatic amines is 1. The molecule has 0 spiro atoms. The van der Waals surface area contributed by atoms with Crippen LogP contribution < -0.4 is 10.6 Å². The first-order valence-corrected chi connectivity index (χ1v) is 7.14. The Morgan fingerprint density at radius 3 is 2.57 bits per heavy atom. The second-order valence-electron chi connectivity index (χ2n) is 3.91. The molecule has 0 amide bonds. The largest absolute Gasteiger partial charge is 0.599 e. The fourth-order valence-corrected chi connectivity index (χ4v) is 2.37. The van der Waals surface area contributed by atoms with Crippen LogP contribution in [0.5, 0.6) is 0 Å². The molecule has 1 heterocycles. The maximum atomic E-state index is 10.6. The van der Waals surface area contributed by atoms with E-state index in [1.807, 2.05) is 6.92 Å². The number of nitrogens with one attached hydrogen (secondary N) is 3. The lowest BCUT2D eigenvalue weighted by atomic mass is 10.4. The Labute approximate surface area is 124 Å². The molecule has 0 aromatic carbocycles. The van der Waals surface area contributed by atoms with E-state index >= 15 is 0 Å². The number of H-pyrrole nitrogens is 1. The molecule has 0 aliphatic carbocycles. The number of nitro groups is 2. The molecule has 1 rings (SSSR count). The lowest BCUT2D eigenvalue weighted by Gasteiger charge is -2.07. The van der Waals surface area contributed by atoms with Crippen LogP contribution in [0.1, 0.15) is 11.4 Å². The zero-order chi connectivity index (χ0) is 15.8. The third-order valence-corrected chi connectivity index (χ3v) is 3.53. The van der Waals surface area contributed by atoms with Gasteiger partial charge < -0.3 is 15.6 Å². The summed E-state index contributed by atoms with van der Waals surface area (Å²) in [5.41, 5.74) is 1.94. The van der Waals surface area contributed by atoms with Crippen molar-refractivity contribution in [3.8, 4) is 0 Å². The van der Waals surface area contributed by atoms with Gasteiger partial charge in [-0.15, -0.1) is 0 Å². The van der Waals surface area contributed by atoms with Crippen LogP contribution >= 0.6 is 11.8 Å². The van der Waals surface area contributed by atoms with E-state index in [4.69, 9.17) is 0 Å². The van der Waals surface area contributed by atoms with Crippen molar-refractivity contribution in [3.63, 3.8) is 0 Å². The highest BCUT2D eigenvalue weighted by Crippen LogP contribution is 2.11. The number of hydrogen-bond acceptors (Lipinski definition) is 8. The van der Waals surface area contributed by atoms with Gasteiger partial charge in [0.05, 0.1) is 12.0 Å². The predicted molar refractivity (Wildman–Crippen MR) is 77.6 cm³/mol. The molecular formula is C10H16N6O4S. The molecule has 10 nitrogen and oxygen atoms in total. The van der Waals surface area contributed by atoms with Crippen LogP contribution in [0.3, 0.4) is 0 Å². The van der Waals surface area contributed by atoms with Crippen LogP contribution in [0.15, 0.2) is 18.0 Å². The van der Waals surface area contributed by atoms with Gasteiger partial charge in [-0.3, -0.25) is 20.2 Å². The molecule has 0 fully saturated rings. The van der Waals surface area contributed by atoms with Crippen LogP contribution in [0, 0.1) is 27.2 Å². The minimum Gasteiger partial charge on any atom is -0.363 e. The van der Waals surface area contributed by atoms with Crippen LogP contribution in [0.4, 0.5) is 0 Å². The summed E-state index contributed by atoms with van der Waals surface area (Å²) in [7, 11) is 1.39. The van der Waals surface area contributed by atoms with E-state index in [0.29, 0.717) is 12.3 Å². The summed E-state index contributed by atoms with van der Waals surface area (Å²) in [6.45, 7) is 2.26. The summed E-state index contributed by atoms with van der Waals surface area (Å²) >= 11 is 1.58. The average Bonchev–Trinajstić information content (AvgIpc) is 2.81. The molecule has 0 unspecified atom stereocenters. The normalized spacial score (nSPS) is 10.0. The summed E-state index contributed by atoms with van der Waals surface area (Å²) in [6, 6.07) is 0. The molecule has 0 radical (unpaired) electrons. The molecule has 11 heteroatoms. The van der Waals surface area contributed by atoms with E-state index in [1.54, 1.807) is 18.1 Å². The van der Waals surface area contributed by atoms with Crippen LogP contribution in [-0.4, -0.2) is 39.2 Å². The number of rotatable bonds is 9. The zero-order valence-electron chi connectivity index (χ0n) is 11.6. The molecule has 116 valence electrons. The summed E-state index contributed by atoms with van der Waals surface area (Å²) in [4.78, 5) is 26.3. The Hall–Kier alpha value is -2.30. The van der Waals surface area contributed by atoms with Gasteiger partial charge in [0.25, 0.3) is 5.82 Å². The highest BCUT2D eigenvalue weighted by molar-refractivity contribution is 7.98. The van der Waals surface area contributed by atoms with Gasteiger partial charge in [-0.2, -0.15) is 11.8 Å². The monoisotopic (exact) mass is 316 g/mol. The summed E-state index contributed by atoms with van der Waals surface area (Å²) in [6.07, 6.45) is 1.62. The summed E-state index contributed by atoms with van der Waals surface area (Å²) < 4.78 is 0. The Morgan fingerprint density at radius 2 is 2.10 bits per heavy atom. The van der Waals surface area contributed by atoms with Crippen molar-refractivity contribution in [2.75, 3.05) is 19.3 Å². The van der Waals surface area contributed by atoms with Crippen LogP contribution in [-0.2, 0) is 5.75 Å². The van der Waals surface area contributed by atoms with Gasteiger partial charge >= 0.3 is 5.82 Å². The maximum Gasteiger partial charge on any atom is 0.599 e. The van der Waals surface area contributed by atoms with Crippen molar-refractivity contribution >= 4 is 11.8 Å². The SMILES string of the molecule is CNC(NCCSCc1[nH]cnc1C)=C([N+](=O)[O-])[N+](=O)[O-]. The molecule has 0 saturated carbocycles. The standard InChI is InChI=1S/C10H16N6O4S/c1-7-8(14-6-13-7)5-21-4-3-12-9(11-2)10(15(17)18)16(19)20/h6,11-12H,3-5H2,1-2H3,(H,13,14). The maximum absolute atomic E-state index is 10.6. The topological polar surface area (TPSA) is 139 Å². The van der Waals surface area contributed by atoms with Gasteiger partial charge in [0.15, 0.2) is 0 Å². The fraction of sp³-hybridized carbons (Fsp3) is 0.500. The number of imidazole rings is 1. The van der Waals surface area contributed by atoms with E-state index < -0.39 is 15.7 Å². The molecule has 1 aromatic rings. The van der Waals surface area contributed by atoms with E-state index in [0.717, 1.165) is 17.1 Å². The van der Waals surface area contributed by atoms with Gasteiger partial charge in [0.1, 0.15) is 9.85 Å². The smallest absolute Gasteiger partial charge is 0.363 e. The first kappa shape index (κ1) is 16.8. The van der Waals surface area contributed by atoms with E-state index in [1.165, 1.54) is 7.05 Å². The number of aryl methyl sites for hydroxylation is 1. The van der Waals surface area contributed by atoms with Crippen LogP contribution in [0.2, 0.25) is 0 Å². The second kappa shape index (κ2) is 8.09. The lowest BCUT2D eigenvalue weighted by Crippen LogP contribution is -2.31. The number of thioether (sulfide) groups is 1. The summed E-state index contributed by atoms with van der Waals surface area (Å²) in [5.74, 6) is 0.0609. The quantitative estimate of drug-likeness (QED) is 0.339. The molecule has 21 heavy (non-hydrogen) atoms. The molecule has 0 atom stereocenters. The Balaban J connectivity index is 2.45. The number of aromatic nitrogens is 2.